The molecule has 1 amide bonds. The molecule has 2 aromatic rings. The van der Waals surface area contributed by atoms with Gasteiger partial charge in [0.2, 0.25) is 5.91 Å². The summed E-state index contributed by atoms with van der Waals surface area (Å²) in [4.78, 5) is 16.1. The minimum absolute atomic E-state index is 0.000532. The maximum Gasteiger partial charge on any atom is 0.228 e. The van der Waals surface area contributed by atoms with Crippen molar-refractivity contribution in [1.29, 1.82) is 0 Å². The van der Waals surface area contributed by atoms with Crippen molar-refractivity contribution in [2.24, 2.45) is 11.8 Å². The second kappa shape index (κ2) is 8.31. The molecular formula is C26H34N2O. The molecule has 2 aliphatic heterocycles. The van der Waals surface area contributed by atoms with Gasteiger partial charge in [0.15, 0.2) is 0 Å². The predicted octanol–water partition coefficient (Wildman–Crippen LogP) is 4.59. The third-order valence-corrected chi connectivity index (χ3v) is 7.31. The van der Waals surface area contributed by atoms with Crippen LogP contribution in [0.4, 0.5) is 0 Å². The zero-order valence-electron chi connectivity index (χ0n) is 18.0. The number of likely N-dealkylation sites (tertiary alicyclic amines) is 1. The van der Waals surface area contributed by atoms with E-state index in [4.69, 9.17) is 0 Å². The van der Waals surface area contributed by atoms with Crippen molar-refractivity contribution in [1.82, 2.24) is 10.2 Å². The predicted molar refractivity (Wildman–Crippen MR) is 119 cm³/mol. The summed E-state index contributed by atoms with van der Waals surface area (Å²) in [6, 6.07) is 21.7. The van der Waals surface area contributed by atoms with Gasteiger partial charge in [-0.1, -0.05) is 81.4 Å². The Bertz CT molecular complexity index is 819. The highest BCUT2D eigenvalue weighted by molar-refractivity contribution is 5.82. The molecule has 2 aliphatic rings. The molecule has 2 heterocycles. The van der Waals surface area contributed by atoms with Crippen molar-refractivity contribution in [3.63, 3.8) is 0 Å². The molecule has 2 unspecified atom stereocenters. The molecular weight excluding hydrogens is 356 g/mol. The average molecular weight is 391 g/mol. The average Bonchev–Trinajstić information content (AvgIpc) is 3.17. The van der Waals surface area contributed by atoms with E-state index in [2.05, 4.69) is 91.7 Å². The summed E-state index contributed by atoms with van der Waals surface area (Å²) in [5.74, 6) is 1.35. The third kappa shape index (κ3) is 3.85. The van der Waals surface area contributed by atoms with Gasteiger partial charge in [0, 0.05) is 31.1 Å². The summed E-state index contributed by atoms with van der Waals surface area (Å²) in [5, 5.41) is 3.51. The third-order valence-electron chi connectivity index (χ3n) is 7.31. The quantitative estimate of drug-likeness (QED) is 0.828. The normalized spacial score (nSPS) is 29.9. The van der Waals surface area contributed by atoms with Crippen LogP contribution in [0.15, 0.2) is 60.7 Å². The van der Waals surface area contributed by atoms with Crippen LogP contribution in [-0.4, -0.2) is 36.5 Å². The van der Waals surface area contributed by atoms with Crippen molar-refractivity contribution in [3.8, 4) is 0 Å². The topological polar surface area (TPSA) is 32.3 Å². The first-order valence-electron chi connectivity index (χ1n) is 11.1. The monoisotopic (exact) mass is 390 g/mol. The highest BCUT2D eigenvalue weighted by Gasteiger charge is 2.47. The molecule has 29 heavy (non-hydrogen) atoms. The van der Waals surface area contributed by atoms with Crippen molar-refractivity contribution in [2.75, 3.05) is 19.6 Å². The molecule has 2 aromatic carbocycles. The number of hydrogen-bond donors (Lipinski definition) is 1. The minimum atomic E-state index is -0.143. The lowest BCUT2D eigenvalue weighted by Gasteiger charge is -2.44. The smallest absolute Gasteiger partial charge is 0.228 e. The number of nitrogens with zero attached hydrogens (tertiary/aromatic N) is 1. The fourth-order valence-electron chi connectivity index (χ4n) is 5.44. The van der Waals surface area contributed by atoms with E-state index in [0.29, 0.717) is 23.8 Å². The molecule has 2 fully saturated rings. The lowest BCUT2D eigenvalue weighted by atomic mass is 9.72. The largest absolute Gasteiger partial charge is 0.339 e. The Balaban J connectivity index is 1.56. The van der Waals surface area contributed by atoms with Crippen LogP contribution < -0.4 is 5.32 Å². The van der Waals surface area contributed by atoms with Gasteiger partial charge in [0.25, 0.3) is 0 Å². The Morgan fingerprint density at radius 1 is 1.07 bits per heavy atom. The van der Waals surface area contributed by atoms with E-state index in [1.54, 1.807) is 0 Å². The van der Waals surface area contributed by atoms with Gasteiger partial charge < -0.3 is 10.2 Å². The van der Waals surface area contributed by atoms with E-state index >= 15 is 0 Å². The van der Waals surface area contributed by atoms with Gasteiger partial charge in [0.1, 0.15) is 0 Å². The molecule has 0 spiro atoms. The molecule has 1 N–H and O–H groups in total. The summed E-state index contributed by atoms with van der Waals surface area (Å²) >= 11 is 0. The number of rotatable bonds is 4. The van der Waals surface area contributed by atoms with Crippen LogP contribution in [0.3, 0.4) is 0 Å². The number of benzene rings is 2. The second-order valence-corrected chi connectivity index (χ2v) is 9.44. The first-order valence-corrected chi connectivity index (χ1v) is 11.1. The number of carbonyl (C=O) groups excluding carboxylic acids is 1. The molecule has 154 valence electrons. The summed E-state index contributed by atoms with van der Waals surface area (Å²) in [5.41, 5.74) is 2.54. The van der Waals surface area contributed by atoms with E-state index in [1.807, 2.05) is 0 Å². The van der Waals surface area contributed by atoms with Gasteiger partial charge >= 0.3 is 0 Å². The highest BCUT2D eigenvalue weighted by atomic mass is 16.2. The van der Waals surface area contributed by atoms with Crippen molar-refractivity contribution < 1.29 is 4.79 Å². The van der Waals surface area contributed by atoms with E-state index in [0.717, 1.165) is 32.5 Å². The van der Waals surface area contributed by atoms with Gasteiger partial charge in [0.05, 0.1) is 5.92 Å². The van der Waals surface area contributed by atoms with Crippen LogP contribution in [0.25, 0.3) is 0 Å². The molecule has 0 radical (unpaired) electrons. The van der Waals surface area contributed by atoms with Crippen molar-refractivity contribution in [3.05, 3.63) is 71.8 Å². The number of piperidine rings is 1. The highest BCUT2D eigenvalue weighted by Crippen LogP contribution is 2.40. The zero-order chi connectivity index (χ0) is 20.4. The fraction of sp³-hybridized carbons (Fsp3) is 0.500. The van der Waals surface area contributed by atoms with E-state index in [1.165, 1.54) is 11.1 Å². The first-order chi connectivity index (χ1) is 14.0. The van der Waals surface area contributed by atoms with E-state index < -0.39 is 0 Å². The number of carbonyl (C=O) groups is 1. The Hall–Kier alpha value is -2.13. The zero-order valence-corrected chi connectivity index (χ0v) is 18.0. The van der Waals surface area contributed by atoms with Crippen LogP contribution in [-0.2, 0) is 10.2 Å². The van der Waals surface area contributed by atoms with E-state index in [9.17, 15) is 4.79 Å². The molecule has 3 heteroatoms. The number of nitrogens with one attached hydrogen (secondary N) is 1. The Labute approximate surface area is 175 Å². The molecule has 0 aliphatic carbocycles. The number of amides is 1. The van der Waals surface area contributed by atoms with Crippen molar-refractivity contribution in [2.45, 2.75) is 51.0 Å². The van der Waals surface area contributed by atoms with Crippen LogP contribution in [0, 0.1) is 11.8 Å². The maximum absolute atomic E-state index is 13.8. The number of hydrogen-bond acceptors (Lipinski definition) is 2. The standard InChI is InChI=1S/C26H34N2O/c1-19(2)24-16-21(20-10-6-4-7-11-20)14-15-28(24)25(29)23-17-27-18-26(23,3)22-12-8-5-9-13-22/h4-13,19,21,23-24,27H,14-18H2,1-3H3/t21?,23-,24?,26-/m0/s1. The van der Waals surface area contributed by atoms with Gasteiger partial charge in [-0.3, -0.25) is 4.79 Å². The molecule has 0 bridgehead atoms. The fourth-order valence-corrected chi connectivity index (χ4v) is 5.44. The van der Waals surface area contributed by atoms with Crippen LogP contribution >= 0.6 is 0 Å². The van der Waals surface area contributed by atoms with Gasteiger partial charge in [-0.25, -0.2) is 0 Å². The molecule has 4 rings (SSSR count). The maximum atomic E-state index is 13.8. The SMILES string of the molecule is CC(C)C1CC(c2ccccc2)CCN1C(=O)[C@@H]1CNC[C@@]1(C)c1ccccc1. The minimum Gasteiger partial charge on any atom is -0.339 e. The van der Waals surface area contributed by atoms with Gasteiger partial charge in [-0.15, -0.1) is 0 Å². The lowest BCUT2D eigenvalue weighted by molar-refractivity contribution is -0.141. The Morgan fingerprint density at radius 2 is 1.72 bits per heavy atom. The van der Waals surface area contributed by atoms with Crippen LogP contribution in [0.1, 0.15) is 50.7 Å². The molecule has 3 nitrogen and oxygen atoms in total. The Morgan fingerprint density at radius 3 is 2.38 bits per heavy atom. The Kier molecular flexibility index (Phi) is 5.78. The lowest BCUT2D eigenvalue weighted by Crippen LogP contribution is -2.53. The summed E-state index contributed by atoms with van der Waals surface area (Å²) in [6.45, 7) is 9.28. The molecule has 0 aromatic heterocycles. The summed E-state index contributed by atoms with van der Waals surface area (Å²) in [7, 11) is 0. The van der Waals surface area contributed by atoms with Gasteiger partial charge in [-0.05, 0) is 35.8 Å². The van der Waals surface area contributed by atoms with Crippen molar-refractivity contribution >= 4 is 5.91 Å². The van der Waals surface area contributed by atoms with E-state index in [-0.39, 0.29) is 11.3 Å². The first kappa shape index (κ1) is 20.2. The summed E-state index contributed by atoms with van der Waals surface area (Å²) in [6.07, 6.45) is 2.12. The molecule has 4 atom stereocenters. The van der Waals surface area contributed by atoms with Gasteiger partial charge in [-0.2, -0.15) is 0 Å². The summed E-state index contributed by atoms with van der Waals surface area (Å²) < 4.78 is 0. The second-order valence-electron chi connectivity index (χ2n) is 9.44. The molecule has 2 saturated heterocycles. The molecule has 0 saturated carbocycles. The van der Waals surface area contributed by atoms with Crippen LogP contribution in [0.2, 0.25) is 0 Å². The van der Waals surface area contributed by atoms with Crippen LogP contribution in [0.5, 0.6) is 0 Å².